The lowest BCUT2D eigenvalue weighted by Gasteiger charge is -2.50. The largest absolute Gasteiger partial charge is 0.390 e. The molecular formula is C11H20O2. The van der Waals surface area contributed by atoms with Gasteiger partial charge in [0.1, 0.15) is 0 Å². The molecule has 2 saturated carbocycles. The summed E-state index contributed by atoms with van der Waals surface area (Å²) in [7, 11) is 0. The molecule has 0 aliphatic heterocycles. The maximum Gasteiger partial charge on any atom is 0.0855 e. The van der Waals surface area contributed by atoms with Crippen LogP contribution in [-0.2, 0) is 0 Å². The molecule has 0 aromatic carbocycles. The highest BCUT2D eigenvalue weighted by Gasteiger charge is 2.47. The van der Waals surface area contributed by atoms with Crippen LogP contribution in [0.1, 0.15) is 45.4 Å². The number of rotatable bonds is 0. The predicted molar refractivity (Wildman–Crippen MR) is 51.3 cm³/mol. The van der Waals surface area contributed by atoms with E-state index in [1.807, 2.05) is 0 Å². The Balaban J connectivity index is 2.17. The molecule has 0 spiro atoms. The smallest absolute Gasteiger partial charge is 0.0855 e. The molecule has 13 heavy (non-hydrogen) atoms. The summed E-state index contributed by atoms with van der Waals surface area (Å²) in [6.07, 6.45) is 5.82. The van der Waals surface area contributed by atoms with Crippen molar-refractivity contribution in [3.8, 4) is 0 Å². The monoisotopic (exact) mass is 184 g/mol. The summed E-state index contributed by atoms with van der Waals surface area (Å²) in [4.78, 5) is 0. The van der Waals surface area contributed by atoms with Gasteiger partial charge in [-0.15, -0.1) is 0 Å². The van der Waals surface area contributed by atoms with Gasteiger partial charge < -0.3 is 10.2 Å². The molecule has 0 heterocycles. The third kappa shape index (κ3) is 1.40. The van der Waals surface area contributed by atoms with Crippen LogP contribution in [0.5, 0.6) is 0 Å². The first-order valence-electron chi connectivity index (χ1n) is 5.51. The third-order valence-corrected chi connectivity index (χ3v) is 4.30. The van der Waals surface area contributed by atoms with Crippen molar-refractivity contribution in [3.63, 3.8) is 0 Å². The van der Waals surface area contributed by atoms with E-state index >= 15 is 0 Å². The molecule has 2 N–H and O–H groups in total. The first-order valence-corrected chi connectivity index (χ1v) is 5.51. The number of aliphatic hydroxyl groups excluding tert-OH is 2. The highest BCUT2D eigenvalue weighted by atomic mass is 16.3. The normalized spacial score (nSPS) is 51.5. The van der Waals surface area contributed by atoms with Gasteiger partial charge in [0.25, 0.3) is 0 Å². The Morgan fingerprint density at radius 2 is 1.85 bits per heavy atom. The van der Waals surface area contributed by atoms with E-state index in [1.165, 1.54) is 19.3 Å². The second kappa shape index (κ2) is 3.25. The fourth-order valence-corrected chi connectivity index (χ4v) is 3.26. The summed E-state index contributed by atoms with van der Waals surface area (Å²) in [6, 6.07) is 0. The van der Waals surface area contributed by atoms with Crippen molar-refractivity contribution < 1.29 is 10.2 Å². The van der Waals surface area contributed by atoms with E-state index < -0.39 is 12.2 Å². The Morgan fingerprint density at radius 1 is 1.08 bits per heavy atom. The molecule has 2 aliphatic rings. The first kappa shape index (κ1) is 9.47. The molecule has 4 atom stereocenters. The van der Waals surface area contributed by atoms with Crippen LogP contribution in [0.15, 0.2) is 0 Å². The fraction of sp³-hybridized carbons (Fsp3) is 1.00. The maximum absolute atomic E-state index is 9.98. The number of aliphatic hydroxyl groups is 2. The van der Waals surface area contributed by atoms with E-state index in [4.69, 9.17) is 0 Å². The Hall–Kier alpha value is -0.0800. The summed E-state index contributed by atoms with van der Waals surface area (Å²) in [5.74, 6) is 0.652. The highest BCUT2D eigenvalue weighted by molar-refractivity contribution is 4.98. The molecule has 0 aromatic heterocycles. The quantitative estimate of drug-likeness (QED) is 0.601. The average molecular weight is 184 g/mol. The minimum atomic E-state index is -0.480. The van der Waals surface area contributed by atoms with Gasteiger partial charge in [-0.3, -0.25) is 0 Å². The molecule has 4 unspecified atom stereocenters. The van der Waals surface area contributed by atoms with Crippen molar-refractivity contribution in [2.45, 2.75) is 57.7 Å². The zero-order valence-corrected chi connectivity index (χ0v) is 8.37. The molecule has 0 aromatic rings. The molecule has 0 bridgehead atoms. The summed E-state index contributed by atoms with van der Waals surface area (Å²) >= 11 is 0. The number of hydrogen-bond acceptors (Lipinski definition) is 2. The van der Waals surface area contributed by atoms with Crippen LogP contribution in [0, 0.1) is 11.3 Å². The minimum Gasteiger partial charge on any atom is -0.390 e. The lowest BCUT2D eigenvalue weighted by Crippen LogP contribution is -2.51. The molecule has 0 amide bonds. The molecule has 2 nitrogen and oxygen atoms in total. The van der Waals surface area contributed by atoms with Crippen LogP contribution in [0.4, 0.5) is 0 Å². The molecule has 2 fully saturated rings. The Bertz CT molecular complexity index is 189. The topological polar surface area (TPSA) is 40.5 Å². The van der Waals surface area contributed by atoms with Crippen LogP contribution in [-0.4, -0.2) is 22.4 Å². The number of fused-ring (bicyclic) bond motifs is 1. The molecule has 0 saturated heterocycles. The molecular weight excluding hydrogens is 164 g/mol. The van der Waals surface area contributed by atoms with Crippen molar-refractivity contribution in [2.24, 2.45) is 11.3 Å². The predicted octanol–water partition coefficient (Wildman–Crippen LogP) is 1.70. The SMILES string of the molecule is CC12CCCCC1CCC(O)C2O. The van der Waals surface area contributed by atoms with Crippen LogP contribution < -0.4 is 0 Å². The van der Waals surface area contributed by atoms with Crippen molar-refractivity contribution in [1.82, 2.24) is 0 Å². The van der Waals surface area contributed by atoms with Gasteiger partial charge >= 0.3 is 0 Å². The van der Waals surface area contributed by atoms with Crippen molar-refractivity contribution in [3.05, 3.63) is 0 Å². The second-order valence-corrected chi connectivity index (χ2v) is 5.04. The van der Waals surface area contributed by atoms with Crippen LogP contribution in [0.3, 0.4) is 0 Å². The van der Waals surface area contributed by atoms with Gasteiger partial charge in [-0.25, -0.2) is 0 Å². The van der Waals surface area contributed by atoms with Crippen LogP contribution >= 0.6 is 0 Å². The molecule has 2 heteroatoms. The maximum atomic E-state index is 9.98. The first-order chi connectivity index (χ1) is 6.14. The lowest BCUT2D eigenvalue weighted by molar-refractivity contribution is -0.131. The van der Waals surface area contributed by atoms with E-state index in [0.717, 1.165) is 19.3 Å². The zero-order chi connectivity index (χ0) is 9.47. The van der Waals surface area contributed by atoms with Gasteiger partial charge in [-0.2, -0.15) is 0 Å². The van der Waals surface area contributed by atoms with E-state index in [0.29, 0.717) is 5.92 Å². The molecule has 2 rings (SSSR count). The third-order valence-electron chi connectivity index (χ3n) is 4.30. The Kier molecular flexibility index (Phi) is 2.37. The van der Waals surface area contributed by atoms with Crippen molar-refractivity contribution in [1.29, 1.82) is 0 Å². The second-order valence-electron chi connectivity index (χ2n) is 5.04. The van der Waals surface area contributed by atoms with Gasteiger partial charge in [0, 0.05) is 0 Å². The minimum absolute atomic E-state index is 0.00984. The van der Waals surface area contributed by atoms with Crippen LogP contribution in [0.2, 0.25) is 0 Å². The van der Waals surface area contributed by atoms with Gasteiger partial charge in [0.05, 0.1) is 12.2 Å². The fourth-order valence-electron chi connectivity index (χ4n) is 3.26. The van der Waals surface area contributed by atoms with Crippen molar-refractivity contribution >= 4 is 0 Å². The summed E-state index contributed by atoms with van der Waals surface area (Å²) in [5, 5.41) is 19.6. The van der Waals surface area contributed by atoms with Gasteiger partial charge in [-0.1, -0.05) is 19.8 Å². The lowest BCUT2D eigenvalue weighted by atomic mass is 9.58. The van der Waals surface area contributed by atoms with Crippen molar-refractivity contribution in [2.75, 3.05) is 0 Å². The Labute approximate surface area is 80.0 Å². The van der Waals surface area contributed by atoms with Gasteiger partial charge in [0.15, 0.2) is 0 Å². The summed E-state index contributed by atoms with van der Waals surface area (Å²) in [5.41, 5.74) is 0.00984. The van der Waals surface area contributed by atoms with Crippen LogP contribution in [0.25, 0.3) is 0 Å². The average Bonchev–Trinajstić information content (AvgIpc) is 2.13. The van der Waals surface area contributed by atoms with E-state index in [2.05, 4.69) is 6.92 Å². The van der Waals surface area contributed by atoms with E-state index in [-0.39, 0.29) is 5.41 Å². The highest BCUT2D eigenvalue weighted by Crippen LogP contribution is 2.50. The van der Waals surface area contributed by atoms with E-state index in [1.54, 1.807) is 0 Å². The standard InChI is InChI=1S/C11H20O2/c1-11-7-3-2-4-8(11)5-6-9(12)10(11)13/h8-10,12-13H,2-7H2,1H3. The van der Waals surface area contributed by atoms with Gasteiger partial charge in [0.2, 0.25) is 0 Å². The Morgan fingerprint density at radius 3 is 2.62 bits per heavy atom. The molecule has 76 valence electrons. The summed E-state index contributed by atoms with van der Waals surface area (Å²) in [6.45, 7) is 2.16. The molecule has 2 aliphatic carbocycles. The van der Waals surface area contributed by atoms with E-state index in [9.17, 15) is 10.2 Å². The summed E-state index contributed by atoms with van der Waals surface area (Å²) < 4.78 is 0. The zero-order valence-electron chi connectivity index (χ0n) is 8.37. The van der Waals surface area contributed by atoms with Gasteiger partial charge in [-0.05, 0) is 37.0 Å². The molecule has 0 radical (unpaired) electrons. The number of hydrogen-bond donors (Lipinski definition) is 2.